The van der Waals surface area contributed by atoms with Crippen LogP contribution >= 0.6 is 0 Å². The molecule has 0 radical (unpaired) electrons. The summed E-state index contributed by atoms with van der Waals surface area (Å²) in [5.41, 5.74) is 2.13. The Morgan fingerprint density at radius 1 is 1.06 bits per heavy atom. The van der Waals surface area contributed by atoms with Crippen LogP contribution in [0, 0.1) is 6.92 Å². The molecule has 0 aromatic heterocycles. The van der Waals surface area contributed by atoms with Gasteiger partial charge in [-0.1, -0.05) is 12.5 Å². The summed E-state index contributed by atoms with van der Waals surface area (Å²) in [4.78, 5) is 24.5. The van der Waals surface area contributed by atoms with Gasteiger partial charge in [-0.15, -0.1) is 0 Å². The van der Waals surface area contributed by atoms with Gasteiger partial charge in [-0.25, -0.2) is 8.42 Å². The molecule has 0 bridgehead atoms. The van der Waals surface area contributed by atoms with Gasteiger partial charge in [0.1, 0.15) is 5.75 Å². The highest BCUT2D eigenvalue weighted by Crippen LogP contribution is 2.27. The minimum absolute atomic E-state index is 0.00756. The number of carbonyl (C=O) groups excluding carboxylic acids is 2. The fraction of sp³-hybridized carbons (Fsp3) is 0.391. The first kappa shape index (κ1) is 23.0. The quantitative estimate of drug-likeness (QED) is 0.659. The highest BCUT2D eigenvalue weighted by molar-refractivity contribution is 7.89. The van der Waals surface area contributed by atoms with Crippen molar-refractivity contribution in [2.24, 2.45) is 0 Å². The van der Waals surface area contributed by atoms with Crippen LogP contribution < -0.4 is 10.1 Å². The molecular formula is C23H28N2O5S. The van der Waals surface area contributed by atoms with Crippen LogP contribution in [0.3, 0.4) is 0 Å². The number of ketones is 1. The molecule has 0 unspecified atom stereocenters. The molecule has 2 aromatic carbocycles. The predicted molar refractivity (Wildman–Crippen MR) is 119 cm³/mol. The number of sulfonamides is 1. The third-order valence-corrected chi connectivity index (χ3v) is 7.48. The van der Waals surface area contributed by atoms with Gasteiger partial charge < -0.3 is 10.1 Å². The van der Waals surface area contributed by atoms with Crippen molar-refractivity contribution < 1.29 is 22.7 Å². The van der Waals surface area contributed by atoms with Crippen molar-refractivity contribution in [2.75, 3.05) is 25.5 Å². The number of rotatable bonds is 7. The Kier molecular flexibility index (Phi) is 7.12. The molecule has 0 atom stereocenters. The van der Waals surface area contributed by atoms with Gasteiger partial charge in [-0.2, -0.15) is 4.31 Å². The third-order valence-electron chi connectivity index (χ3n) is 5.44. The molecule has 0 aliphatic carbocycles. The van der Waals surface area contributed by atoms with E-state index in [-0.39, 0.29) is 23.0 Å². The van der Waals surface area contributed by atoms with Crippen molar-refractivity contribution in [3.63, 3.8) is 0 Å². The zero-order chi connectivity index (χ0) is 22.6. The number of nitrogens with zero attached hydrogens (tertiary/aromatic N) is 1. The Hall–Kier alpha value is -2.71. The first-order valence-corrected chi connectivity index (χ1v) is 11.7. The van der Waals surface area contributed by atoms with Gasteiger partial charge in [-0.05, 0) is 62.6 Å². The fourth-order valence-electron chi connectivity index (χ4n) is 3.71. The van der Waals surface area contributed by atoms with E-state index >= 15 is 0 Å². The maximum atomic E-state index is 13.1. The van der Waals surface area contributed by atoms with Crippen molar-refractivity contribution in [1.29, 1.82) is 0 Å². The summed E-state index contributed by atoms with van der Waals surface area (Å²) in [6, 6.07) is 9.85. The first-order chi connectivity index (χ1) is 14.7. The number of hydrogen-bond acceptors (Lipinski definition) is 5. The van der Waals surface area contributed by atoms with Crippen molar-refractivity contribution >= 4 is 27.4 Å². The molecule has 1 aliphatic heterocycles. The number of amides is 1. The van der Waals surface area contributed by atoms with E-state index in [1.165, 1.54) is 24.4 Å². The molecule has 2 aromatic rings. The summed E-state index contributed by atoms with van der Waals surface area (Å²) in [7, 11) is -2.11. The maximum Gasteiger partial charge on any atom is 0.243 e. The first-order valence-electron chi connectivity index (χ1n) is 10.3. The second-order valence-electron chi connectivity index (χ2n) is 7.75. The van der Waals surface area contributed by atoms with Crippen molar-refractivity contribution in [2.45, 2.75) is 44.4 Å². The lowest BCUT2D eigenvalue weighted by Crippen LogP contribution is -2.36. The Labute approximate surface area is 183 Å². The number of ether oxygens (including phenoxy) is 1. The highest BCUT2D eigenvalue weighted by atomic mass is 32.2. The van der Waals surface area contributed by atoms with Crippen LogP contribution in [-0.4, -0.2) is 44.6 Å². The number of carbonyl (C=O) groups is 2. The van der Waals surface area contributed by atoms with E-state index in [1.54, 1.807) is 37.3 Å². The topological polar surface area (TPSA) is 92.8 Å². The summed E-state index contributed by atoms with van der Waals surface area (Å²) >= 11 is 0. The smallest absolute Gasteiger partial charge is 0.243 e. The number of Topliss-reactive ketones (excluding diaryl/α,β-unsaturated/α-hetero) is 1. The van der Waals surface area contributed by atoms with Crippen LogP contribution in [0.2, 0.25) is 0 Å². The van der Waals surface area contributed by atoms with E-state index < -0.39 is 10.0 Å². The molecule has 0 saturated carbocycles. The lowest BCUT2D eigenvalue weighted by atomic mass is 10.0. The summed E-state index contributed by atoms with van der Waals surface area (Å²) in [6.07, 6.45) is 2.74. The molecule has 1 amide bonds. The third kappa shape index (κ3) is 5.32. The van der Waals surface area contributed by atoms with Crippen LogP contribution in [0.1, 0.15) is 47.7 Å². The van der Waals surface area contributed by atoms with Gasteiger partial charge in [0.25, 0.3) is 0 Å². The summed E-state index contributed by atoms with van der Waals surface area (Å²) in [5, 5.41) is 2.77. The maximum absolute atomic E-state index is 13.1. The monoisotopic (exact) mass is 444 g/mol. The molecule has 3 rings (SSSR count). The van der Waals surface area contributed by atoms with Crippen LogP contribution in [0.5, 0.6) is 5.75 Å². The normalized spacial score (nSPS) is 14.8. The molecule has 1 aliphatic rings. The molecule has 1 heterocycles. The van der Waals surface area contributed by atoms with Crippen molar-refractivity contribution in [1.82, 2.24) is 4.31 Å². The Bertz CT molecular complexity index is 1090. The SMILES string of the molecule is COc1ccc(C(C)=O)cc1CC(=O)Nc1ccc(C)c(S(=O)(=O)N2CCCCC2)c1. The molecule has 0 spiro atoms. The average molecular weight is 445 g/mol. The number of hydrogen-bond donors (Lipinski definition) is 1. The standard InChI is InChI=1S/C23H28N2O5S/c1-16-7-9-20(15-22(16)31(28,29)25-11-5-4-6-12-25)24-23(27)14-19-13-18(17(2)26)8-10-21(19)30-3/h7-10,13,15H,4-6,11-12,14H2,1-3H3,(H,24,27). The van der Waals surface area contributed by atoms with E-state index in [4.69, 9.17) is 4.74 Å². The van der Waals surface area contributed by atoms with Gasteiger partial charge >= 0.3 is 0 Å². The molecule has 1 N–H and O–H groups in total. The van der Waals surface area contributed by atoms with Gasteiger partial charge in [0.15, 0.2) is 5.78 Å². The Morgan fingerprint density at radius 3 is 2.42 bits per heavy atom. The zero-order valence-corrected chi connectivity index (χ0v) is 18.9. The summed E-state index contributed by atoms with van der Waals surface area (Å²) in [6.45, 7) is 4.25. The number of benzene rings is 2. The lowest BCUT2D eigenvalue weighted by molar-refractivity contribution is -0.115. The van der Waals surface area contributed by atoms with Crippen LogP contribution in [-0.2, 0) is 21.2 Å². The fourth-order valence-corrected chi connectivity index (χ4v) is 5.48. The van der Waals surface area contributed by atoms with E-state index in [2.05, 4.69) is 5.32 Å². The van der Waals surface area contributed by atoms with Crippen molar-refractivity contribution in [3.05, 3.63) is 53.1 Å². The van der Waals surface area contributed by atoms with Crippen LogP contribution in [0.15, 0.2) is 41.3 Å². The number of nitrogens with one attached hydrogen (secondary N) is 1. The number of anilines is 1. The second kappa shape index (κ2) is 9.62. The van der Waals surface area contributed by atoms with Crippen LogP contribution in [0.4, 0.5) is 5.69 Å². The molecule has 166 valence electrons. The van der Waals surface area contributed by atoms with E-state index in [1.807, 2.05) is 0 Å². The summed E-state index contributed by atoms with van der Waals surface area (Å²) < 4.78 is 33.0. The summed E-state index contributed by atoms with van der Waals surface area (Å²) in [5.74, 6) is 0.0806. The highest BCUT2D eigenvalue weighted by Gasteiger charge is 2.27. The van der Waals surface area contributed by atoms with E-state index in [0.717, 1.165) is 19.3 Å². The lowest BCUT2D eigenvalue weighted by Gasteiger charge is -2.26. The van der Waals surface area contributed by atoms with Gasteiger partial charge in [0.2, 0.25) is 15.9 Å². The average Bonchev–Trinajstić information content (AvgIpc) is 2.75. The molecule has 31 heavy (non-hydrogen) atoms. The Balaban J connectivity index is 1.81. The van der Waals surface area contributed by atoms with Gasteiger partial charge in [0, 0.05) is 29.9 Å². The molecule has 1 fully saturated rings. The molecule has 1 saturated heterocycles. The van der Waals surface area contributed by atoms with Crippen LogP contribution in [0.25, 0.3) is 0 Å². The van der Waals surface area contributed by atoms with Gasteiger partial charge in [-0.3, -0.25) is 9.59 Å². The minimum atomic E-state index is -3.61. The predicted octanol–water partition coefficient (Wildman–Crippen LogP) is 3.56. The molecular weight excluding hydrogens is 416 g/mol. The minimum Gasteiger partial charge on any atom is -0.496 e. The molecule has 7 nitrogen and oxygen atoms in total. The van der Waals surface area contributed by atoms with Gasteiger partial charge in [0.05, 0.1) is 18.4 Å². The zero-order valence-electron chi connectivity index (χ0n) is 18.1. The van der Waals surface area contributed by atoms with E-state index in [0.29, 0.717) is 41.2 Å². The molecule has 8 heteroatoms. The van der Waals surface area contributed by atoms with Crippen molar-refractivity contribution in [3.8, 4) is 5.75 Å². The number of aryl methyl sites for hydroxylation is 1. The Morgan fingerprint density at radius 2 is 1.77 bits per heavy atom. The number of methoxy groups -OCH3 is 1. The second-order valence-corrected chi connectivity index (χ2v) is 9.66. The largest absolute Gasteiger partial charge is 0.496 e. The number of piperidine rings is 1. The van der Waals surface area contributed by atoms with E-state index in [9.17, 15) is 18.0 Å².